The average Bonchev–Trinajstić information content (AvgIpc) is 3.04. The lowest BCUT2D eigenvalue weighted by Crippen LogP contribution is -2.22. The molecule has 128 valence electrons. The molecular formula is C18H22N2O3S. The van der Waals surface area contributed by atoms with Crippen LogP contribution in [0.1, 0.15) is 41.9 Å². The number of rotatable bonds is 10. The first kappa shape index (κ1) is 18.1. The van der Waals surface area contributed by atoms with Crippen molar-refractivity contribution < 1.29 is 14.7 Å². The average molecular weight is 346 g/mol. The van der Waals surface area contributed by atoms with Crippen molar-refractivity contribution in [3.8, 4) is 0 Å². The summed E-state index contributed by atoms with van der Waals surface area (Å²) in [5.41, 5.74) is 2.17. The number of nitrogens with zero attached hydrogens (tertiary/aromatic N) is 1. The first-order valence-electron chi connectivity index (χ1n) is 8.09. The SMILES string of the molecule is O=C(O)CCCCC(=O)NCc1csc(CCc2ccccc2)n1. The van der Waals surface area contributed by atoms with E-state index in [2.05, 4.69) is 22.4 Å². The predicted octanol–water partition coefficient (Wildman–Crippen LogP) is 3.19. The van der Waals surface area contributed by atoms with Gasteiger partial charge in [-0.05, 0) is 24.8 Å². The standard InChI is InChI=1S/C18H22N2O3S/c21-16(8-4-5-9-18(22)23)19-12-15-13-24-17(20-15)11-10-14-6-2-1-3-7-14/h1-3,6-7,13H,4-5,8-12H2,(H,19,21)(H,22,23). The number of aliphatic carboxylic acids is 1. The summed E-state index contributed by atoms with van der Waals surface area (Å²) in [7, 11) is 0. The number of aryl methyl sites for hydroxylation is 2. The Hall–Kier alpha value is -2.21. The van der Waals surface area contributed by atoms with Crippen molar-refractivity contribution in [2.75, 3.05) is 0 Å². The van der Waals surface area contributed by atoms with Gasteiger partial charge in [-0.25, -0.2) is 4.98 Å². The second-order valence-corrected chi connectivity index (χ2v) is 6.54. The van der Waals surface area contributed by atoms with Gasteiger partial charge in [-0.15, -0.1) is 11.3 Å². The van der Waals surface area contributed by atoms with Crippen LogP contribution in [0.5, 0.6) is 0 Å². The van der Waals surface area contributed by atoms with Crippen LogP contribution < -0.4 is 5.32 Å². The molecule has 0 bridgehead atoms. The van der Waals surface area contributed by atoms with Crippen LogP contribution in [0.15, 0.2) is 35.7 Å². The van der Waals surface area contributed by atoms with Gasteiger partial charge in [-0.2, -0.15) is 0 Å². The van der Waals surface area contributed by atoms with E-state index in [4.69, 9.17) is 5.11 Å². The molecule has 0 aliphatic rings. The molecule has 0 saturated heterocycles. The molecule has 0 atom stereocenters. The summed E-state index contributed by atoms with van der Waals surface area (Å²) in [4.78, 5) is 26.6. The van der Waals surface area contributed by atoms with Crippen LogP contribution in [0.25, 0.3) is 0 Å². The highest BCUT2D eigenvalue weighted by molar-refractivity contribution is 7.09. The topological polar surface area (TPSA) is 79.3 Å². The fourth-order valence-corrected chi connectivity index (χ4v) is 3.08. The lowest BCUT2D eigenvalue weighted by molar-refractivity contribution is -0.137. The molecular weight excluding hydrogens is 324 g/mol. The highest BCUT2D eigenvalue weighted by Gasteiger charge is 2.06. The molecule has 0 spiro atoms. The maximum atomic E-state index is 11.7. The van der Waals surface area contributed by atoms with E-state index in [1.54, 1.807) is 11.3 Å². The van der Waals surface area contributed by atoms with Crippen LogP contribution in [-0.4, -0.2) is 22.0 Å². The minimum atomic E-state index is -0.819. The van der Waals surface area contributed by atoms with Gasteiger partial charge in [0.1, 0.15) is 0 Å². The van der Waals surface area contributed by atoms with E-state index >= 15 is 0 Å². The van der Waals surface area contributed by atoms with Crippen molar-refractivity contribution in [1.82, 2.24) is 10.3 Å². The lowest BCUT2D eigenvalue weighted by atomic mass is 10.1. The van der Waals surface area contributed by atoms with Crippen molar-refractivity contribution in [3.05, 3.63) is 52.0 Å². The minimum absolute atomic E-state index is 0.0563. The molecule has 0 saturated carbocycles. The molecule has 2 aromatic rings. The number of unbranched alkanes of at least 4 members (excludes halogenated alkanes) is 1. The van der Waals surface area contributed by atoms with Gasteiger partial charge in [-0.1, -0.05) is 30.3 Å². The maximum Gasteiger partial charge on any atom is 0.303 e. The van der Waals surface area contributed by atoms with Crippen molar-refractivity contribution in [1.29, 1.82) is 0 Å². The van der Waals surface area contributed by atoms with Crippen molar-refractivity contribution >= 4 is 23.2 Å². The molecule has 0 unspecified atom stereocenters. The normalized spacial score (nSPS) is 10.5. The summed E-state index contributed by atoms with van der Waals surface area (Å²) in [5, 5.41) is 14.4. The predicted molar refractivity (Wildman–Crippen MR) is 93.9 cm³/mol. The monoisotopic (exact) mass is 346 g/mol. The summed E-state index contributed by atoms with van der Waals surface area (Å²) in [5.74, 6) is -0.875. The van der Waals surface area contributed by atoms with Crippen molar-refractivity contribution in [3.63, 3.8) is 0 Å². The summed E-state index contributed by atoms with van der Waals surface area (Å²) in [6.07, 6.45) is 3.46. The highest BCUT2D eigenvalue weighted by atomic mass is 32.1. The van der Waals surface area contributed by atoms with Crippen LogP contribution in [0.2, 0.25) is 0 Å². The number of carboxylic acids is 1. The number of carbonyl (C=O) groups is 2. The molecule has 1 amide bonds. The molecule has 0 fully saturated rings. The molecule has 1 aromatic heterocycles. The van der Waals surface area contributed by atoms with E-state index in [1.807, 2.05) is 23.6 Å². The van der Waals surface area contributed by atoms with E-state index in [0.717, 1.165) is 23.5 Å². The van der Waals surface area contributed by atoms with E-state index in [1.165, 1.54) is 5.56 Å². The Labute approximate surface area is 145 Å². The molecule has 1 heterocycles. The third-order valence-corrected chi connectivity index (χ3v) is 4.54. The zero-order valence-corrected chi connectivity index (χ0v) is 14.3. The quantitative estimate of drug-likeness (QED) is 0.648. The molecule has 5 nitrogen and oxygen atoms in total. The number of carboxylic acid groups (broad SMARTS) is 1. The zero-order chi connectivity index (χ0) is 17.2. The van der Waals surface area contributed by atoms with Gasteiger partial charge in [0, 0.05) is 24.6 Å². The third kappa shape index (κ3) is 6.91. The number of benzene rings is 1. The van der Waals surface area contributed by atoms with Crippen LogP contribution in [0.3, 0.4) is 0 Å². The lowest BCUT2D eigenvalue weighted by Gasteiger charge is -2.02. The number of nitrogens with one attached hydrogen (secondary N) is 1. The number of amides is 1. The Balaban J connectivity index is 1.66. The Morgan fingerprint density at radius 3 is 2.58 bits per heavy atom. The Morgan fingerprint density at radius 2 is 1.83 bits per heavy atom. The second kappa shape index (κ2) is 9.82. The van der Waals surface area contributed by atoms with Gasteiger partial charge in [0.15, 0.2) is 0 Å². The fraction of sp³-hybridized carbons (Fsp3) is 0.389. The molecule has 24 heavy (non-hydrogen) atoms. The largest absolute Gasteiger partial charge is 0.481 e. The van der Waals surface area contributed by atoms with Gasteiger partial charge in [0.25, 0.3) is 0 Å². The number of hydrogen-bond acceptors (Lipinski definition) is 4. The van der Waals surface area contributed by atoms with Gasteiger partial charge >= 0.3 is 5.97 Å². The van der Waals surface area contributed by atoms with Gasteiger partial charge < -0.3 is 10.4 Å². The fourth-order valence-electron chi connectivity index (χ4n) is 2.28. The first-order valence-corrected chi connectivity index (χ1v) is 8.97. The zero-order valence-electron chi connectivity index (χ0n) is 13.5. The summed E-state index contributed by atoms with van der Waals surface area (Å²) in [6.45, 7) is 0.430. The third-order valence-electron chi connectivity index (χ3n) is 3.58. The van der Waals surface area contributed by atoms with E-state index in [9.17, 15) is 9.59 Å². The molecule has 0 radical (unpaired) electrons. The van der Waals surface area contributed by atoms with Gasteiger partial charge in [-0.3, -0.25) is 9.59 Å². The summed E-state index contributed by atoms with van der Waals surface area (Å²) in [6, 6.07) is 10.3. The smallest absolute Gasteiger partial charge is 0.303 e. The van der Waals surface area contributed by atoms with Crippen molar-refractivity contribution in [2.24, 2.45) is 0 Å². The van der Waals surface area contributed by atoms with E-state index < -0.39 is 5.97 Å². The van der Waals surface area contributed by atoms with Gasteiger partial charge in [0.05, 0.1) is 17.2 Å². The molecule has 2 rings (SSSR count). The Morgan fingerprint density at radius 1 is 1.08 bits per heavy atom. The van der Waals surface area contributed by atoms with E-state index in [-0.39, 0.29) is 12.3 Å². The molecule has 0 aliphatic carbocycles. The Kier molecular flexibility index (Phi) is 7.42. The Bertz CT molecular complexity index is 655. The van der Waals surface area contributed by atoms with Crippen LogP contribution >= 0.6 is 11.3 Å². The highest BCUT2D eigenvalue weighted by Crippen LogP contribution is 2.13. The van der Waals surface area contributed by atoms with E-state index in [0.29, 0.717) is 25.8 Å². The van der Waals surface area contributed by atoms with Crippen LogP contribution in [0.4, 0.5) is 0 Å². The summed E-state index contributed by atoms with van der Waals surface area (Å²) >= 11 is 1.62. The number of carbonyl (C=O) groups excluding carboxylic acids is 1. The summed E-state index contributed by atoms with van der Waals surface area (Å²) < 4.78 is 0. The first-order chi connectivity index (χ1) is 11.6. The molecule has 2 N–H and O–H groups in total. The molecule has 6 heteroatoms. The molecule has 1 aromatic carbocycles. The number of hydrogen-bond donors (Lipinski definition) is 2. The minimum Gasteiger partial charge on any atom is -0.481 e. The van der Waals surface area contributed by atoms with Gasteiger partial charge in [0.2, 0.25) is 5.91 Å². The van der Waals surface area contributed by atoms with Crippen molar-refractivity contribution in [2.45, 2.75) is 45.1 Å². The number of thiazole rings is 1. The molecule has 0 aliphatic heterocycles. The second-order valence-electron chi connectivity index (χ2n) is 5.60. The maximum absolute atomic E-state index is 11.7. The number of aromatic nitrogens is 1. The van der Waals surface area contributed by atoms with Crippen LogP contribution in [-0.2, 0) is 29.0 Å². The van der Waals surface area contributed by atoms with Crippen LogP contribution in [0, 0.1) is 0 Å².